The van der Waals surface area contributed by atoms with Crippen LogP contribution in [0.5, 0.6) is 0 Å². The minimum atomic E-state index is -2.07. The highest BCUT2D eigenvalue weighted by Gasteiger charge is 2.62. The van der Waals surface area contributed by atoms with Gasteiger partial charge in [-0.3, -0.25) is 4.79 Å². The standard InChI is InChI=1S/C27H44FNO5/c1-15(4-7-23(32)29-14-21(28)25(33)34)18-5-6-19-24-20(9-11-27(18,19)3)26(2)10-8-17(30)12-16(26)13-22(24)31/h15-22,24,30-31H,4-14H2,1-3H3,(H,29,32)(H,33,34)/t15-,16+,17-,18-,19+,20+,21?,22-,24+,26+,27-/m1/s1. The molecule has 11 atom stereocenters. The Morgan fingerprint density at radius 2 is 1.71 bits per heavy atom. The van der Waals surface area contributed by atoms with Crippen LogP contribution < -0.4 is 5.32 Å². The quantitative estimate of drug-likeness (QED) is 0.441. The van der Waals surface area contributed by atoms with Gasteiger partial charge in [-0.1, -0.05) is 20.8 Å². The first-order chi connectivity index (χ1) is 16.0. The SMILES string of the molecule is C[C@H](CCC(=O)NCC(F)C(=O)O)[C@H]1CC[C@H]2[C@@H]3[C@H](O)C[C@@H]4C[C@H](O)CC[C@]4(C)[C@H]3CC[C@]12C. The van der Waals surface area contributed by atoms with Crippen LogP contribution in [0.1, 0.15) is 85.0 Å². The van der Waals surface area contributed by atoms with E-state index in [-0.39, 0.29) is 35.4 Å². The Kier molecular flexibility index (Phi) is 7.37. The summed E-state index contributed by atoms with van der Waals surface area (Å²) in [5.41, 5.74) is 0.374. The van der Waals surface area contributed by atoms with Gasteiger partial charge in [0.2, 0.25) is 12.1 Å². The number of carbonyl (C=O) groups excluding carboxylic acids is 1. The number of carbonyl (C=O) groups is 2. The smallest absolute Gasteiger partial charge is 0.340 e. The van der Waals surface area contributed by atoms with Crippen LogP contribution in [0, 0.1) is 46.3 Å². The molecule has 0 aromatic rings. The predicted molar refractivity (Wildman–Crippen MR) is 127 cm³/mol. The molecule has 0 heterocycles. The lowest BCUT2D eigenvalue weighted by Crippen LogP contribution is -2.58. The van der Waals surface area contributed by atoms with Gasteiger partial charge < -0.3 is 20.6 Å². The van der Waals surface area contributed by atoms with Crippen molar-refractivity contribution in [3.05, 3.63) is 0 Å². The molecule has 0 aromatic heterocycles. The number of nitrogens with one attached hydrogen (secondary N) is 1. The number of halogens is 1. The molecule has 194 valence electrons. The summed E-state index contributed by atoms with van der Waals surface area (Å²) in [6.07, 6.45) is 6.52. The number of aliphatic carboxylic acids is 1. The molecule has 1 amide bonds. The molecule has 0 aromatic carbocycles. The van der Waals surface area contributed by atoms with Gasteiger partial charge in [0.05, 0.1) is 18.8 Å². The molecule has 6 nitrogen and oxygen atoms in total. The van der Waals surface area contributed by atoms with Crippen molar-refractivity contribution in [2.24, 2.45) is 46.3 Å². The lowest BCUT2D eigenvalue weighted by atomic mass is 9.43. The van der Waals surface area contributed by atoms with E-state index in [2.05, 4.69) is 26.1 Å². The Morgan fingerprint density at radius 1 is 1.03 bits per heavy atom. The topological polar surface area (TPSA) is 107 Å². The van der Waals surface area contributed by atoms with Crippen molar-refractivity contribution in [1.29, 1.82) is 0 Å². The number of hydrogen-bond acceptors (Lipinski definition) is 4. The first kappa shape index (κ1) is 25.9. The molecule has 4 N–H and O–H groups in total. The van der Waals surface area contributed by atoms with E-state index >= 15 is 0 Å². The fourth-order valence-electron chi connectivity index (χ4n) is 9.11. The molecule has 0 spiro atoms. The van der Waals surface area contributed by atoms with Gasteiger partial charge in [0, 0.05) is 6.42 Å². The van der Waals surface area contributed by atoms with Gasteiger partial charge >= 0.3 is 5.97 Å². The van der Waals surface area contributed by atoms with E-state index < -0.39 is 18.7 Å². The van der Waals surface area contributed by atoms with Crippen LogP contribution in [0.3, 0.4) is 0 Å². The molecule has 7 heteroatoms. The summed E-state index contributed by atoms with van der Waals surface area (Å²) in [6, 6.07) is 0. The van der Waals surface area contributed by atoms with Crippen LogP contribution in [-0.4, -0.2) is 52.1 Å². The zero-order valence-electron chi connectivity index (χ0n) is 21.0. The Balaban J connectivity index is 1.39. The molecule has 34 heavy (non-hydrogen) atoms. The largest absolute Gasteiger partial charge is 0.479 e. The summed E-state index contributed by atoms with van der Waals surface area (Å²) in [6.45, 7) is 6.57. The normalized spacial score (nSPS) is 45.4. The average molecular weight is 482 g/mol. The van der Waals surface area contributed by atoms with Gasteiger partial charge in [0.25, 0.3) is 0 Å². The predicted octanol–water partition coefficient (Wildman–Crippen LogP) is 3.93. The van der Waals surface area contributed by atoms with E-state index in [0.717, 1.165) is 51.4 Å². The maximum Gasteiger partial charge on any atom is 0.340 e. The highest BCUT2D eigenvalue weighted by atomic mass is 19.1. The second-order valence-electron chi connectivity index (χ2n) is 12.6. The monoisotopic (exact) mass is 481 g/mol. The summed E-state index contributed by atoms with van der Waals surface area (Å²) in [7, 11) is 0. The maximum atomic E-state index is 13.2. The van der Waals surface area contributed by atoms with Crippen LogP contribution in [0.4, 0.5) is 4.39 Å². The third kappa shape index (κ3) is 4.52. The second-order valence-corrected chi connectivity index (χ2v) is 12.6. The summed E-state index contributed by atoms with van der Waals surface area (Å²) < 4.78 is 13.2. The van der Waals surface area contributed by atoms with Crippen molar-refractivity contribution >= 4 is 11.9 Å². The minimum absolute atomic E-state index is 0.156. The Morgan fingerprint density at radius 3 is 2.41 bits per heavy atom. The van der Waals surface area contributed by atoms with Crippen LogP contribution in [-0.2, 0) is 9.59 Å². The fourth-order valence-corrected chi connectivity index (χ4v) is 9.11. The zero-order chi connectivity index (χ0) is 24.8. The number of carboxylic acids is 1. The average Bonchev–Trinajstić information content (AvgIpc) is 3.14. The summed E-state index contributed by atoms with van der Waals surface area (Å²) in [4.78, 5) is 22.8. The third-order valence-electron chi connectivity index (χ3n) is 11.0. The van der Waals surface area contributed by atoms with Crippen molar-refractivity contribution in [2.75, 3.05) is 6.54 Å². The molecule has 0 radical (unpaired) electrons. The van der Waals surface area contributed by atoms with E-state index in [1.807, 2.05) is 0 Å². The highest BCUT2D eigenvalue weighted by molar-refractivity contribution is 5.78. The molecule has 4 aliphatic carbocycles. The summed E-state index contributed by atoms with van der Waals surface area (Å²) >= 11 is 0. The van der Waals surface area contributed by atoms with Gasteiger partial charge in [-0.2, -0.15) is 0 Å². The zero-order valence-corrected chi connectivity index (χ0v) is 21.0. The lowest BCUT2D eigenvalue weighted by molar-refractivity contribution is -0.174. The van der Waals surface area contributed by atoms with Crippen molar-refractivity contribution < 1.29 is 29.3 Å². The Hall–Kier alpha value is -1.21. The number of amides is 1. The van der Waals surface area contributed by atoms with Gasteiger partial charge in [-0.25, -0.2) is 9.18 Å². The number of rotatable bonds is 7. The lowest BCUT2D eigenvalue weighted by Gasteiger charge is -2.62. The van der Waals surface area contributed by atoms with E-state index in [4.69, 9.17) is 5.11 Å². The van der Waals surface area contributed by atoms with Gasteiger partial charge in [-0.15, -0.1) is 0 Å². The Labute approximate surface area is 203 Å². The molecule has 0 saturated heterocycles. The number of alkyl halides is 1. The first-order valence-electron chi connectivity index (χ1n) is 13.5. The Bertz CT molecular complexity index is 778. The molecule has 1 unspecified atom stereocenters. The molecule has 0 aliphatic heterocycles. The minimum Gasteiger partial charge on any atom is -0.479 e. The van der Waals surface area contributed by atoms with Crippen molar-refractivity contribution in [3.63, 3.8) is 0 Å². The van der Waals surface area contributed by atoms with E-state index in [9.17, 15) is 24.2 Å². The maximum absolute atomic E-state index is 13.2. The van der Waals surface area contributed by atoms with Crippen LogP contribution in [0.15, 0.2) is 0 Å². The fraction of sp³-hybridized carbons (Fsp3) is 0.926. The van der Waals surface area contributed by atoms with E-state index in [1.165, 1.54) is 0 Å². The molecule has 4 aliphatic rings. The van der Waals surface area contributed by atoms with Crippen molar-refractivity contribution in [1.82, 2.24) is 5.32 Å². The van der Waals surface area contributed by atoms with E-state index in [0.29, 0.717) is 41.9 Å². The van der Waals surface area contributed by atoms with Crippen molar-refractivity contribution in [3.8, 4) is 0 Å². The molecule has 4 saturated carbocycles. The second kappa shape index (κ2) is 9.68. The number of aliphatic hydroxyl groups is 2. The van der Waals surface area contributed by atoms with Gasteiger partial charge in [-0.05, 0) is 104 Å². The molecule has 4 fully saturated rings. The number of aliphatic hydroxyl groups excluding tert-OH is 2. The van der Waals surface area contributed by atoms with Gasteiger partial charge in [0.1, 0.15) is 0 Å². The first-order valence-corrected chi connectivity index (χ1v) is 13.5. The van der Waals surface area contributed by atoms with Crippen LogP contribution in [0.2, 0.25) is 0 Å². The number of carboxylic acid groups (broad SMARTS) is 1. The number of hydrogen-bond donors (Lipinski definition) is 4. The number of fused-ring (bicyclic) bond motifs is 5. The molecular weight excluding hydrogens is 437 g/mol. The molecule has 0 bridgehead atoms. The van der Waals surface area contributed by atoms with Gasteiger partial charge in [0.15, 0.2) is 0 Å². The van der Waals surface area contributed by atoms with Crippen molar-refractivity contribution in [2.45, 2.75) is 103 Å². The summed E-state index contributed by atoms with van der Waals surface area (Å²) in [5, 5.41) is 32.6. The molecule has 4 rings (SSSR count). The molecular formula is C27H44FNO5. The van der Waals surface area contributed by atoms with E-state index in [1.54, 1.807) is 0 Å². The third-order valence-corrected chi connectivity index (χ3v) is 11.0. The highest BCUT2D eigenvalue weighted by Crippen LogP contribution is 2.68. The summed E-state index contributed by atoms with van der Waals surface area (Å²) in [5.74, 6) is 0.746. The van der Waals surface area contributed by atoms with Crippen LogP contribution in [0.25, 0.3) is 0 Å². The van der Waals surface area contributed by atoms with Crippen LogP contribution >= 0.6 is 0 Å².